The zero-order chi connectivity index (χ0) is 25.2. The van der Waals surface area contributed by atoms with Gasteiger partial charge in [0.15, 0.2) is 0 Å². The quantitative estimate of drug-likeness (QED) is 0.296. The Hall–Kier alpha value is -4.40. The summed E-state index contributed by atoms with van der Waals surface area (Å²) >= 11 is 0. The van der Waals surface area contributed by atoms with Crippen molar-refractivity contribution in [3.05, 3.63) is 99.8 Å². The molecular weight excluding hydrogens is 461 g/mol. The van der Waals surface area contributed by atoms with Crippen molar-refractivity contribution in [2.45, 2.75) is 13.1 Å². The van der Waals surface area contributed by atoms with Gasteiger partial charge in [0.2, 0.25) is 5.88 Å². The largest absolute Gasteiger partial charge is 0.494 e. The van der Waals surface area contributed by atoms with E-state index in [1.165, 1.54) is 42.6 Å². The first kappa shape index (κ1) is 23.7. The summed E-state index contributed by atoms with van der Waals surface area (Å²) in [5, 5.41) is 11.7. The molecule has 0 saturated carbocycles. The molecule has 35 heavy (non-hydrogen) atoms. The summed E-state index contributed by atoms with van der Waals surface area (Å²) in [6, 6.07) is 16.9. The number of alkyl halides is 3. The second-order valence-corrected chi connectivity index (χ2v) is 7.50. The molecule has 0 aliphatic carbocycles. The van der Waals surface area contributed by atoms with E-state index in [-0.39, 0.29) is 34.5 Å². The molecule has 6 nitrogen and oxygen atoms in total. The molecule has 178 valence electrons. The third-order valence-corrected chi connectivity index (χ3v) is 5.26. The molecule has 4 rings (SSSR count). The van der Waals surface area contributed by atoms with E-state index in [2.05, 4.69) is 4.99 Å². The molecule has 0 spiro atoms. The van der Waals surface area contributed by atoms with E-state index >= 15 is 0 Å². The van der Waals surface area contributed by atoms with Crippen LogP contribution in [-0.2, 0) is 10.9 Å². The number of aliphatic imine (C=N–C) groups is 1. The van der Waals surface area contributed by atoms with Crippen LogP contribution in [0.4, 0.5) is 18.9 Å². The monoisotopic (exact) mass is 480 g/mol. The van der Waals surface area contributed by atoms with Gasteiger partial charge in [0.05, 0.1) is 34.7 Å². The van der Waals surface area contributed by atoms with Crippen LogP contribution in [0.25, 0.3) is 16.5 Å². The van der Waals surface area contributed by atoms with E-state index in [9.17, 15) is 27.9 Å². The number of carbonyl (C=O) groups is 1. The summed E-state index contributed by atoms with van der Waals surface area (Å²) in [4.78, 5) is 29.2. The van der Waals surface area contributed by atoms with Crippen LogP contribution in [0.2, 0.25) is 0 Å². The lowest BCUT2D eigenvalue weighted by Crippen LogP contribution is -2.20. The van der Waals surface area contributed by atoms with Crippen molar-refractivity contribution in [3.63, 3.8) is 0 Å². The fourth-order valence-corrected chi connectivity index (χ4v) is 3.59. The molecule has 0 atom stereocenters. The molecule has 1 aromatic heterocycles. The van der Waals surface area contributed by atoms with E-state index in [4.69, 9.17) is 4.74 Å². The molecule has 1 N–H and O–H groups in total. The molecule has 1 heterocycles. The van der Waals surface area contributed by atoms with Gasteiger partial charge in [-0.05, 0) is 55.5 Å². The minimum absolute atomic E-state index is 0.0276. The second-order valence-electron chi connectivity index (χ2n) is 7.50. The van der Waals surface area contributed by atoms with Crippen LogP contribution < -0.4 is 5.56 Å². The van der Waals surface area contributed by atoms with Gasteiger partial charge in [-0.1, -0.05) is 24.3 Å². The Kier molecular flexibility index (Phi) is 6.42. The molecule has 0 saturated heterocycles. The molecule has 0 amide bonds. The fourth-order valence-electron chi connectivity index (χ4n) is 3.59. The number of nitrogens with zero attached hydrogens (tertiary/aromatic N) is 2. The number of pyridine rings is 1. The van der Waals surface area contributed by atoms with Gasteiger partial charge < -0.3 is 9.84 Å². The predicted molar refractivity (Wildman–Crippen MR) is 126 cm³/mol. The summed E-state index contributed by atoms with van der Waals surface area (Å²) in [5.74, 6) is -0.976. The second kappa shape index (κ2) is 9.46. The third-order valence-electron chi connectivity index (χ3n) is 5.26. The number of ether oxygens (including phenoxy) is 1. The predicted octanol–water partition coefficient (Wildman–Crippen LogP) is 5.64. The van der Waals surface area contributed by atoms with Gasteiger partial charge in [-0.15, -0.1) is 0 Å². The van der Waals surface area contributed by atoms with Crippen LogP contribution in [0, 0.1) is 0 Å². The topological polar surface area (TPSA) is 80.9 Å². The Bertz CT molecular complexity index is 1490. The smallest absolute Gasteiger partial charge is 0.416 e. The van der Waals surface area contributed by atoms with Crippen molar-refractivity contribution < 1.29 is 27.8 Å². The Balaban J connectivity index is 1.84. The minimum atomic E-state index is -4.52. The van der Waals surface area contributed by atoms with Gasteiger partial charge >= 0.3 is 12.1 Å². The van der Waals surface area contributed by atoms with Gasteiger partial charge in [0.1, 0.15) is 0 Å². The maximum Gasteiger partial charge on any atom is 0.416 e. The number of fused-ring (bicyclic) bond motifs is 1. The summed E-state index contributed by atoms with van der Waals surface area (Å²) in [6.07, 6.45) is -3.31. The maximum atomic E-state index is 13.2. The number of esters is 1. The number of halogens is 3. The van der Waals surface area contributed by atoms with E-state index in [1.54, 1.807) is 31.2 Å². The van der Waals surface area contributed by atoms with Crippen molar-refractivity contribution in [2.75, 3.05) is 6.61 Å². The summed E-state index contributed by atoms with van der Waals surface area (Å²) in [6.45, 7) is 1.89. The number of benzene rings is 3. The zero-order valence-electron chi connectivity index (χ0n) is 18.4. The number of carbonyl (C=O) groups excluding carboxylic acids is 1. The molecule has 0 fully saturated rings. The van der Waals surface area contributed by atoms with Gasteiger partial charge in [0.25, 0.3) is 5.56 Å². The van der Waals surface area contributed by atoms with Crippen LogP contribution in [0.1, 0.15) is 28.4 Å². The van der Waals surface area contributed by atoms with Crippen molar-refractivity contribution in [1.82, 2.24) is 4.57 Å². The molecule has 0 radical (unpaired) electrons. The first-order valence-corrected chi connectivity index (χ1v) is 10.6. The minimum Gasteiger partial charge on any atom is -0.494 e. The lowest BCUT2D eigenvalue weighted by atomic mass is 10.1. The van der Waals surface area contributed by atoms with Gasteiger partial charge in [-0.25, -0.2) is 9.36 Å². The number of hydrogen-bond acceptors (Lipinski definition) is 5. The Morgan fingerprint density at radius 1 is 1.03 bits per heavy atom. The van der Waals surface area contributed by atoms with E-state index in [1.807, 2.05) is 0 Å². The first-order valence-electron chi connectivity index (χ1n) is 10.6. The highest BCUT2D eigenvalue weighted by atomic mass is 19.4. The Morgan fingerprint density at radius 2 is 1.71 bits per heavy atom. The Morgan fingerprint density at radius 3 is 2.37 bits per heavy atom. The lowest BCUT2D eigenvalue weighted by molar-refractivity contribution is -0.137. The molecular formula is C26H19F3N2O4. The van der Waals surface area contributed by atoms with E-state index in [0.29, 0.717) is 5.39 Å². The highest BCUT2D eigenvalue weighted by Crippen LogP contribution is 2.32. The summed E-state index contributed by atoms with van der Waals surface area (Å²) < 4.78 is 45.2. The van der Waals surface area contributed by atoms with Crippen LogP contribution in [0.5, 0.6) is 5.88 Å². The summed E-state index contributed by atoms with van der Waals surface area (Å²) in [7, 11) is 0. The zero-order valence-corrected chi connectivity index (χ0v) is 18.4. The van der Waals surface area contributed by atoms with Gasteiger partial charge in [-0.2, -0.15) is 13.2 Å². The van der Waals surface area contributed by atoms with Crippen LogP contribution in [0.15, 0.2) is 82.6 Å². The number of rotatable bonds is 5. The number of aromatic hydroxyl groups is 1. The van der Waals surface area contributed by atoms with Gasteiger partial charge in [0, 0.05) is 17.0 Å². The highest BCUT2D eigenvalue weighted by Gasteiger charge is 2.30. The highest BCUT2D eigenvalue weighted by molar-refractivity contribution is 6.02. The maximum absolute atomic E-state index is 13.2. The molecule has 9 heteroatoms. The van der Waals surface area contributed by atoms with Crippen LogP contribution in [-0.4, -0.2) is 28.5 Å². The Labute approximate surface area is 197 Å². The molecule has 4 aromatic rings. The van der Waals surface area contributed by atoms with Crippen molar-refractivity contribution >= 4 is 28.6 Å². The normalized spacial score (nSPS) is 11.8. The standard InChI is InChI=1S/C26H19F3N2O4/c1-2-35-25(34)16-10-12-19(13-11-16)31-23(32)21-9-4-3-8-20(21)22(24(31)33)15-30-18-7-5-6-17(14-18)26(27,28)29/h3-15,33H,2H2,1H3. The first-order chi connectivity index (χ1) is 16.7. The lowest BCUT2D eigenvalue weighted by Gasteiger charge is -2.14. The van der Waals surface area contributed by atoms with Crippen LogP contribution >= 0.6 is 0 Å². The van der Waals surface area contributed by atoms with Crippen molar-refractivity contribution in [2.24, 2.45) is 4.99 Å². The van der Waals surface area contributed by atoms with Crippen molar-refractivity contribution in [1.29, 1.82) is 0 Å². The molecule has 0 aliphatic rings. The third kappa shape index (κ3) is 4.79. The average Bonchev–Trinajstić information content (AvgIpc) is 2.84. The van der Waals surface area contributed by atoms with Crippen molar-refractivity contribution in [3.8, 4) is 11.6 Å². The van der Waals surface area contributed by atoms with E-state index in [0.717, 1.165) is 16.7 Å². The number of hydrogen-bond donors (Lipinski definition) is 1. The average molecular weight is 480 g/mol. The van der Waals surface area contributed by atoms with Crippen LogP contribution in [0.3, 0.4) is 0 Å². The molecule has 0 unspecified atom stereocenters. The molecule has 0 bridgehead atoms. The number of aromatic nitrogens is 1. The van der Waals surface area contributed by atoms with Gasteiger partial charge in [-0.3, -0.25) is 9.79 Å². The fraction of sp³-hybridized carbons (Fsp3) is 0.115. The SMILES string of the molecule is CCOC(=O)c1ccc(-n2c(O)c(C=Nc3cccc(C(F)(F)F)c3)c3ccccc3c2=O)cc1. The molecule has 0 aliphatic heterocycles. The van der Waals surface area contributed by atoms with E-state index < -0.39 is 29.1 Å². The summed E-state index contributed by atoms with van der Waals surface area (Å²) in [5.41, 5.74) is -0.645. The molecule has 3 aromatic carbocycles.